The number of carbonyl (C=O) groups excluding carboxylic acids is 1. The minimum absolute atomic E-state index is 0.316. The second-order valence-electron chi connectivity index (χ2n) is 6.54. The Morgan fingerprint density at radius 2 is 2.00 bits per heavy atom. The van der Waals surface area contributed by atoms with E-state index in [4.69, 9.17) is 9.47 Å². The topological polar surface area (TPSA) is 59.6 Å². The zero-order chi connectivity index (χ0) is 15.5. The molecule has 1 unspecified atom stereocenters. The summed E-state index contributed by atoms with van der Waals surface area (Å²) < 4.78 is 11.2. The van der Waals surface area contributed by atoms with E-state index in [1.54, 1.807) is 13.3 Å². The minimum Gasteiger partial charge on any atom is -0.456 e. The number of hydrogen-bond acceptors (Lipinski definition) is 5. The minimum atomic E-state index is -1.20. The molecule has 21 heavy (non-hydrogen) atoms. The van der Waals surface area contributed by atoms with Crippen molar-refractivity contribution < 1.29 is 14.3 Å². The molecule has 2 rings (SSSR count). The molecule has 0 radical (unpaired) electrons. The molecule has 118 valence electrons. The zero-order valence-corrected chi connectivity index (χ0v) is 13.4. The molecule has 5 heteroatoms. The molecule has 5 nitrogen and oxygen atoms in total. The Morgan fingerprint density at radius 1 is 1.33 bits per heavy atom. The Balaban J connectivity index is 2.28. The molecule has 2 aliphatic heterocycles. The standard InChI is InChI=1S/C16H26N2O3/c1-15(2,3)21-14(19)16(20-4)13(6-5-9-18-16)12-7-10-17-11-8-12/h5-6,9,12,17-18H,7-8,10-11H2,1-4H3. The number of piperidine rings is 1. The highest BCUT2D eigenvalue weighted by atomic mass is 16.6. The van der Waals surface area contributed by atoms with Crippen LogP contribution in [0.3, 0.4) is 0 Å². The first kappa shape index (κ1) is 16.0. The molecule has 0 aliphatic carbocycles. The number of hydrogen-bond donors (Lipinski definition) is 2. The maximum Gasteiger partial charge on any atom is 0.364 e. The van der Waals surface area contributed by atoms with Crippen LogP contribution in [0.25, 0.3) is 0 Å². The van der Waals surface area contributed by atoms with Gasteiger partial charge in [0.1, 0.15) is 5.60 Å². The quantitative estimate of drug-likeness (QED) is 0.776. The second-order valence-corrected chi connectivity index (χ2v) is 6.54. The molecule has 0 aromatic heterocycles. The number of rotatable bonds is 3. The molecule has 2 aliphatic rings. The van der Waals surface area contributed by atoms with Gasteiger partial charge in [-0.1, -0.05) is 6.08 Å². The van der Waals surface area contributed by atoms with Gasteiger partial charge < -0.3 is 20.1 Å². The fourth-order valence-corrected chi connectivity index (χ4v) is 2.86. The summed E-state index contributed by atoms with van der Waals surface area (Å²) >= 11 is 0. The summed E-state index contributed by atoms with van der Waals surface area (Å²) in [5.74, 6) is -0.0669. The van der Waals surface area contributed by atoms with Crippen molar-refractivity contribution in [2.75, 3.05) is 20.2 Å². The van der Waals surface area contributed by atoms with Crippen molar-refractivity contribution in [3.63, 3.8) is 0 Å². The first-order valence-electron chi connectivity index (χ1n) is 7.53. The van der Waals surface area contributed by atoms with Crippen LogP contribution in [0.15, 0.2) is 23.9 Å². The molecule has 0 aromatic rings. The maximum atomic E-state index is 12.7. The zero-order valence-electron chi connectivity index (χ0n) is 13.4. The Bertz CT molecular complexity index is 445. The number of ether oxygens (including phenoxy) is 2. The van der Waals surface area contributed by atoms with Crippen LogP contribution in [0, 0.1) is 5.92 Å². The van der Waals surface area contributed by atoms with Crippen LogP contribution in [-0.2, 0) is 14.3 Å². The van der Waals surface area contributed by atoms with Gasteiger partial charge in [-0.3, -0.25) is 0 Å². The van der Waals surface area contributed by atoms with Gasteiger partial charge >= 0.3 is 5.97 Å². The Kier molecular flexibility index (Phi) is 4.74. The number of methoxy groups -OCH3 is 1. The van der Waals surface area contributed by atoms with Gasteiger partial charge in [0.05, 0.1) is 0 Å². The SMILES string of the molecule is COC1(C(=O)OC(C)(C)C)NC=CC=C1C1CCNCC1. The molecule has 2 N–H and O–H groups in total. The lowest BCUT2D eigenvalue weighted by Gasteiger charge is -2.40. The highest BCUT2D eigenvalue weighted by Crippen LogP contribution is 2.34. The molecule has 0 saturated carbocycles. The monoisotopic (exact) mass is 294 g/mol. The number of allylic oxidation sites excluding steroid dienone is 2. The second kappa shape index (κ2) is 6.20. The largest absolute Gasteiger partial charge is 0.456 e. The normalized spacial score (nSPS) is 27.0. The van der Waals surface area contributed by atoms with Gasteiger partial charge in [-0.25, -0.2) is 4.79 Å². The van der Waals surface area contributed by atoms with Gasteiger partial charge in [-0.15, -0.1) is 0 Å². The molecule has 1 fully saturated rings. The van der Waals surface area contributed by atoms with Crippen molar-refractivity contribution in [1.29, 1.82) is 0 Å². The van der Waals surface area contributed by atoms with Gasteiger partial charge in [-0.2, -0.15) is 0 Å². The van der Waals surface area contributed by atoms with Crippen LogP contribution in [-0.4, -0.2) is 37.5 Å². The van der Waals surface area contributed by atoms with E-state index in [1.165, 1.54) is 0 Å². The molecule has 0 amide bonds. The predicted molar refractivity (Wildman–Crippen MR) is 81.5 cm³/mol. The molecule has 0 spiro atoms. The smallest absolute Gasteiger partial charge is 0.364 e. The predicted octanol–water partition coefficient (Wildman–Crippen LogP) is 1.71. The van der Waals surface area contributed by atoms with Crippen molar-refractivity contribution in [2.24, 2.45) is 5.92 Å². The van der Waals surface area contributed by atoms with Crippen LogP contribution < -0.4 is 10.6 Å². The molecule has 0 aromatic carbocycles. The van der Waals surface area contributed by atoms with Crippen molar-refractivity contribution in [1.82, 2.24) is 10.6 Å². The maximum absolute atomic E-state index is 12.7. The average molecular weight is 294 g/mol. The van der Waals surface area contributed by atoms with E-state index < -0.39 is 11.3 Å². The van der Waals surface area contributed by atoms with Crippen molar-refractivity contribution in [3.05, 3.63) is 23.9 Å². The molecule has 1 atom stereocenters. The summed E-state index contributed by atoms with van der Waals surface area (Å²) in [6, 6.07) is 0. The van der Waals surface area contributed by atoms with Crippen LogP contribution in [0.4, 0.5) is 0 Å². The summed E-state index contributed by atoms with van der Waals surface area (Å²) in [5.41, 5.74) is -0.794. The van der Waals surface area contributed by atoms with E-state index in [9.17, 15) is 4.79 Å². The third-order valence-corrected chi connectivity index (χ3v) is 3.84. The molecule has 2 heterocycles. The molecular formula is C16H26N2O3. The lowest BCUT2D eigenvalue weighted by molar-refractivity contribution is -0.179. The summed E-state index contributed by atoms with van der Waals surface area (Å²) in [4.78, 5) is 12.7. The Hall–Kier alpha value is -1.33. The van der Waals surface area contributed by atoms with Gasteiger partial charge in [0.15, 0.2) is 0 Å². The third-order valence-electron chi connectivity index (χ3n) is 3.84. The van der Waals surface area contributed by atoms with Crippen molar-refractivity contribution >= 4 is 5.97 Å². The van der Waals surface area contributed by atoms with E-state index >= 15 is 0 Å². The average Bonchev–Trinajstić information content (AvgIpc) is 2.46. The number of carbonyl (C=O) groups is 1. The highest BCUT2D eigenvalue weighted by Gasteiger charge is 2.48. The Morgan fingerprint density at radius 3 is 2.57 bits per heavy atom. The molecule has 1 saturated heterocycles. The van der Waals surface area contributed by atoms with E-state index in [-0.39, 0.29) is 5.97 Å². The van der Waals surface area contributed by atoms with E-state index in [1.807, 2.05) is 32.9 Å². The number of nitrogens with one attached hydrogen (secondary N) is 2. The summed E-state index contributed by atoms with van der Waals surface area (Å²) in [6.07, 6.45) is 7.63. The Labute approximate surface area is 126 Å². The first-order chi connectivity index (χ1) is 9.89. The van der Waals surface area contributed by atoms with Crippen molar-refractivity contribution in [3.8, 4) is 0 Å². The lowest BCUT2D eigenvalue weighted by atomic mass is 9.82. The molecule has 0 bridgehead atoms. The number of esters is 1. The lowest BCUT2D eigenvalue weighted by Crippen LogP contribution is -2.58. The van der Waals surface area contributed by atoms with Gasteiger partial charge in [0.25, 0.3) is 5.72 Å². The van der Waals surface area contributed by atoms with Crippen LogP contribution in [0.5, 0.6) is 0 Å². The summed E-state index contributed by atoms with van der Waals surface area (Å²) in [7, 11) is 1.55. The van der Waals surface area contributed by atoms with Crippen LogP contribution in [0.1, 0.15) is 33.6 Å². The number of dihydropyridines is 1. The van der Waals surface area contributed by atoms with E-state index in [0.717, 1.165) is 31.5 Å². The first-order valence-corrected chi connectivity index (χ1v) is 7.53. The van der Waals surface area contributed by atoms with Crippen molar-refractivity contribution in [2.45, 2.75) is 44.9 Å². The van der Waals surface area contributed by atoms with Gasteiger partial charge in [-0.05, 0) is 70.5 Å². The van der Waals surface area contributed by atoms with Gasteiger partial charge in [0, 0.05) is 7.11 Å². The fraction of sp³-hybridized carbons (Fsp3) is 0.688. The van der Waals surface area contributed by atoms with E-state index in [0.29, 0.717) is 5.92 Å². The summed E-state index contributed by atoms with van der Waals surface area (Å²) in [6.45, 7) is 7.50. The van der Waals surface area contributed by atoms with E-state index in [2.05, 4.69) is 10.6 Å². The highest BCUT2D eigenvalue weighted by molar-refractivity contribution is 5.84. The van der Waals surface area contributed by atoms with Crippen LogP contribution >= 0.6 is 0 Å². The van der Waals surface area contributed by atoms with Gasteiger partial charge in [0.2, 0.25) is 0 Å². The fourth-order valence-electron chi connectivity index (χ4n) is 2.86. The molecular weight excluding hydrogens is 268 g/mol. The third kappa shape index (κ3) is 3.47. The summed E-state index contributed by atoms with van der Waals surface area (Å²) in [5, 5.41) is 6.43. The van der Waals surface area contributed by atoms with Crippen LogP contribution in [0.2, 0.25) is 0 Å².